The Hall–Kier alpha value is -2.18. The number of aromatic nitrogens is 2. The molecule has 0 radical (unpaired) electrons. The minimum atomic E-state index is -0.241. The van der Waals surface area contributed by atoms with Crippen LogP contribution >= 0.6 is 0 Å². The summed E-state index contributed by atoms with van der Waals surface area (Å²) >= 11 is 0. The minimum Gasteiger partial charge on any atom is -0.393 e. The van der Waals surface area contributed by atoms with Crippen molar-refractivity contribution in [3.8, 4) is 0 Å². The second-order valence-electron chi connectivity index (χ2n) is 7.61. The smallest absolute Gasteiger partial charge is 0.234 e. The Labute approximate surface area is 153 Å². The van der Waals surface area contributed by atoms with Gasteiger partial charge in [-0.15, -0.1) is 0 Å². The van der Waals surface area contributed by atoms with Crippen LogP contribution in [-0.4, -0.2) is 44.9 Å². The molecule has 1 atom stereocenters. The summed E-state index contributed by atoms with van der Waals surface area (Å²) in [5, 5.41) is 17.1. The summed E-state index contributed by atoms with van der Waals surface area (Å²) in [6, 6.07) is 8.38. The van der Waals surface area contributed by atoms with Gasteiger partial charge in [-0.3, -0.25) is 14.4 Å². The number of aliphatic hydroxyl groups excluding tert-OH is 1. The molecule has 0 bridgehead atoms. The Morgan fingerprint density at radius 3 is 2.81 bits per heavy atom. The first kappa shape index (κ1) is 17.2. The normalized spacial score (nSPS) is 23.8. The molecule has 1 fully saturated rings. The van der Waals surface area contributed by atoms with E-state index in [1.807, 2.05) is 19.4 Å². The monoisotopic (exact) mass is 354 g/mol. The summed E-state index contributed by atoms with van der Waals surface area (Å²) in [7, 11) is 1.88. The number of nitrogens with zero attached hydrogens (tertiary/aromatic N) is 3. The molecule has 1 aromatic heterocycles. The van der Waals surface area contributed by atoms with Gasteiger partial charge in [0.2, 0.25) is 5.91 Å². The topological polar surface area (TPSA) is 70.4 Å². The molecule has 1 aliphatic carbocycles. The number of aryl methyl sites for hydroxylation is 1. The SMILES string of the molecule is Cn1cc([C@@H](NC(=O)CN2CCc3ccccc3C2)C2CC(O)C2)cn1. The number of fused-ring (bicyclic) bond motifs is 1. The van der Waals surface area contributed by atoms with Crippen molar-refractivity contribution in [3.63, 3.8) is 0 Å². The fraction of sp³-hybridized carbons (Fsp3) is 0.500. The molecule has 2 N–H and O–H groups in total. The molecule has 1 amide bonds. The molecular formula is C20H26N4O2. The Morgan fingerprint density at radius 1 is 1.35 bits per heavy atom. The maximum absolute atomic E-state index is 12.7. The van der Waals surface area contributed by atoms with Gasteiger partial charge in [-0.05, 0) is 36.3 Å². The van der Waals surface area contributed by atoms with Crippen LogP contribution < -0.4 is 5.32 Å². The lowest BCUT2D eigenvalue weighted by Gasteiger charge is -2.38. The highest BCUT2D eigenvalue weighted by Gasteiger charge is 2.36. The fourth-order valence-corrected chi connectivity index (χ4v) is 4.09. The van der Waals surface area contributed by atoms with Crippen LogP contribution in [-0.2, 0) is 24.8 Å². The van der Waals surface area contributed by atoms with E-state index in [4.69, 9.17) is 0 Å². The van der Waals surface area contributed by atoms with Crippen LogP contribution in [0.3, 0.4) is 0 Å². The molecular weight excluding hydrogens is 328 g/mol. The molecule has 6 heteroatoms. The maximum Gasteiger partial charge on any atom is 0.234 e. The molecule has 2 aromatic rings. The molecule has 1 saturated carbocycles. The number of aliphatic hydroxyl groups is 1. The summed E-state index contributed by atoms with van der Waals surface area (Å²) < 4.78 is 1.76. The van der Waals surface area contributed by atoms with Gasteiger partial charge in [0.25, 0.3) is 0 Å². The second-order valence-corrected chi connectivity index (χ2v) is 7.61. The maximum atomic E-state index is 12.7. The third kappa shape index (κ3) is 3.66. The fourth-order valence-electron chi connectivity index (χ4n) is 4.09. The number of nitrogens with one attached hydrogen (secondary N) is 1. The van der Waals surface area contributed by atoms with E-state index < -0.39 is 0 Å². The predicted octanol–water partition coefficient (Wildman–Crippen LogP) is 1.41. The van der Waals surface area contributed by atoms with Crippen LogP contribution in [0.2, 0.25) is 0 Å². The van der Waals surface area contributed by atoms with E-state index in [1.54, 1.807) is 4.68 Å². The van der Waals surface area contributed by atoms with Crippen molar-refractivity contribution < 1.29 is 9.90 Å². The summed E-state index contributed by atoms with van der Waals surface area (Å²) in [5.74, 6) is 0.319. The first-order valence-corrected chi connectivity index (χ1v) is 9.33. The van der Waals surface area contributed by atoms with Gasteiger partial charge in [-0.2, -0.15) is 5.10 Å². The summed E-state index contributed by atoms with van der Waals surface area (Å²) in [5.41, 5.74) is 3.72. The van der Waals surface area contributed by atoms with Gasteiger partial charge < -0.3 is 10.4 Å². The Kier molecular flexibility index (Phi) is 4.78. The Morgan fingerprint density at radius 2 is 2.12 bits per heavy atom. The van der Waals surface area contributed by atoms with Gasteiger partial charge in [0, 0.05) is 31.9 Å². The quantitative estimate of drug-likeness (QED) is 0.852. The lowest BCUT2D eigenvalue weighted by Crippen LogP contribution is -2.45. The predicted molar refractivity (Wildman–Crippen MR) is 98.2 cm³/mol. The molecule has 2 aliphatic rings. The number of benzene rings is 1. The van der Waals surface area contributed by atoms with E-state index >= 15 is 0 Å². The van der Waals surface area contributed by atoms with E-state index in [9.17, 15) is 9.90 Å². The van der Waals surface area contributed by atoms with Gasteiger partial charge in [-0.1, -0.05) is 24.3 Å². The lowest BCUT2D eigenvalue weighted by molar-refractivity contribution is -0.124. The van der Waals surface area contributed by atoms with Crippen molar-refractivity contribution in [2.24, 2.45) is 13.0 Å². The highest BCUT2D eigenvalue weighted by molar-refractivity contribution is 5.78. The van der Waals surface area contributed by atoms with Crippen molar-refractivity contribution in [2.75, 3.05) is 13.1 Å². The van der Waals surface area contributed by atoms with Crippen molar-refractivity contribution in [3.05, 3.63) is 53.3 Å². The molecule has 0 spiro atoms. The van der Waals surface area contributed by atoms with Gasteiger partial charge in [0.1, 0.15) is 0 Å². The molecule has 4 rings (SSSR count). The third-order valence-corrected chi connectivity index (χ3v) is 5.60. The van der Waals surface area contributed by atoms with Gasteiger partial charge in [-0.25, -0.2) is 0 Å². The zero-order valence-corrected chi connectivity index (χ0v) is 15.1. The molecule has 1 aliphatic heterocycles. The first-order chi connectivity index (χ1) is 12.6. The number of amides is 1. The van der Waals surface area contributed by atoms with Crippen LogP contribution in [0, 0.1) is 5.92 Å². The number of hydrogen-bond acceptors (Lipinski definition) is 4. The highest BCUT2D eigenvalue weighted by Crippen LogP contribution is 2.37. The van der Waals surface area contributed by atoms with Gasteiger partial charge in [0.05, 0.1) is 24.9 Å². The summed E-state index contributed by atoms with van der Waals surface area (Å²) in [6.07, 6.45) is 5.98. The minimum absolute atomic E-state index is 0.0413. The number of carbonyl (C=O) groups is 1. The molecule has 26 heavy (non-hydrogen) atoms. The van der Waals surface area contributed by atoms with E-state index in [-0.39, 0.29) is 24.0 Å². The summed E-state index contributed by atoms with van der Waals surface area (Å²) in [4.78, 5) is 14.9. The first-order valence-electron chi connectivity index (χ1n) is 9.33. The van der Waals surface area contributed by atoms with Gasteiger partial charge >= 0.3 is 0 Å². The van der Waals surface area contributed by atoms with Crippen LogP contribution in [0.4, 0.5) is 0 Å². The van der Waals surface area contributed by atoms with Crippen LogP contribution in [0.15, 0.2) is 36.7 Å². The van der Waals surface area contributed by atoms with Gasteiger partial charge in [0.15, 0.2) is 0 Å². The van der Waals surface area contributed by atoms with Crippen LogP contribution in [0.5, 0.6) is 0 Å². The van der Waals surface area contributed by atoms with Crippen molar-refractivity contribution in [2.45, 2.75) is 38.0 Å². The average Bonchev–Trinajstić information content (AvgIpc) is 3.03. The zero-order valence-electron chi connectivity index (χ0n) is 15.1. The number of rotatable bonds is 5. The van der Waals surface area contributed by atoms with E-state index in [0.717, 1.165) is 37.9 Å². The zero-order chi connectivity index (χ0) is 18.1. The van der Waals surface area contributed by atoms with Crippen molar-refractivity contribution >= 4 is 5.91 Å². The van der Waals surface area contributed by atoms with Crippen LogP contribution in [0.25, 0.3) is 0 Å². The van der Waals surface area contributed by atoms with E-state index in [1.165, 1.54) is 11.1 Å². The molecule has 138 valence electrons. The molecule has 6 nitrogen and oxygen atoms in total. The number of carbonyl (C=O) groups excluding carboxylic acids is 1. The Bertz CT molecular complexity index is 782. The lowest BCUT2D eigenvalue weighted by atomic mass is 9.75. The molecule has 0 saturated heterocycles. The number of hydrogen-bond donors (Lipinski definition) is 2. The van der Waals surface area contributed by atoms with E-state index in [2.05, 4.69) is 39.6 Å². The molecule has 0 unspecified atom stereocenters. The van der Waals surface area contributed by atoms with Crippen molar-refractivity contribution in [1.29, 1.82) is 0 Å². The molecule has 1 aromatic carbocycles. The highest BCUT2D eigenvalue weighted by atomic mass is 16.3. The largest absolute Gasteiger partial charge is 0.393 e. The third-order valence-electron chi connectivity index (χ3n) is 5.60. The van der Waals surface area contributed by atoms with Crippen molar-refractivity contribution in [1.82, 2.24) is 20.0 Å². The van der Waals surface area contributed by atoms with E-state index in [0.29, 0.717) is 6.54 Å². The summed E-state index contributed by atoms with van der Waals surface area (Å²) in [6.45, 7) is 2.13. The standard InChI is InChI=1S/C20H26N4O2/c1-23-11-17(10-21-23)20(16-8-18(25)9-16)22-19(26)13-24-7-6-14-4-2-3-5-15(14)12-24/h2-5,10-11,16,18,20,25H,6-9,12-13H2,1H3,(H,22,26)/t16?,18?,20-/m0/s1. The average molecular weight is 354 g/mol. The second kappa shape index (κ2) is 7.21. The Balaban J connectivity index is 1.39. The molecule has 2 heterocycles. The van der Waals surface area contributed by atoms with Crippen LogP contribution in [0.1, 0.15) is 35.6 Å².